The van der Waals surface area contributed by atoms with E-state index in [1.807, 2.05) is 47.0 Å². The van der Waals surface area contributed by atoms with Gasteiger partial charge in [0.05, 0.1) is 16.7 Å². The predicted molar refractivity (Wildman–Crippen MR) is 106 cm³/mol. The maximum absolute atomic E-state index is 14.8. The van der Waals surface area contributed by atoms with Crippen LogP contribution in [0.1, 0.15) is 0 Å². The van der Waals surface area contributed by atoms with Crippen LogP contribution in [0, 0.1) is 5.82 Å². The van der Waals surface area contributed by atoms with Gasteiger partial charge in [-0.1, -0.05) is 54.6 Å². The second kappa shape index (κ2) is 5.43. The normalized spacial score (nSPS) is 11.6. The molecule has 1 heterocycles. The summed E-state index contributed by atoms with van der Waals surface area (Å²) >= 11 is 3.69. The van der Waals surface area contributed by atoms with Crippen molar-refractivity contribution in [1.82, 2.24) is 4.57 Å². The van der Waals surface area contributed by atoms with Crippen LogP contribution in [-0.4, -0.2) is 4.57 Å². The summed E-state index contributed by atoms with van der Waals surface area (Å²) in [6, 6.07) is 25.7. The van der Waals surface area contributed by atoms with Gasteiger partial charge in [-0.3, -0.25) is 0 Å². The lowest BCUT2D eigenvalue weighted by Crippen LogP contribution is -1.97. The zero-order valence-corrected chi connectivity index (χ0v) is 14.8. The Balaban J connectivity index is 2.00. The van der Waals surface area contributed by atoms with Crippen molar-refractivity contribution in [3.8, 4) is 5.69 Å². The predicted octanol–water partition coefficient (Wildman–Crippen LogP) is 6.84. The average molecular weight is 390 g/mol. The summed E-state index contributed by atoms with van der Waals surface area (Å²) in [5.74, 6) is -0.214. The summed E-state index contributed by atoms with van der Waals surface area (Å²) in [6.45, 7) is 0. The Morgan fingerprint density at radius 2 is 1.40 bits per heavy atom. The van der Waals surface area contributed by atoms with E-state index < -0.39 is 0 Å². The molecule has 0 aliphatic heterocycles. The molecule has 0 saturated carbocycles. The molecule has 0 saturated heterocycles. The van der Waals surface area contributed by atoms with Gasteiger partial charge in [0, 0.05) is 15.2 Å². The molecule has 120 valence electrons. The number of aromatic nitrogens is 1. The highest BCUT2D eigenvalue weighted by Crippen LogP contribution is 2.37. The van der Waals surface area contributed by atoms with E-state index in [1.165, 1.54) is 6.07 Å². The van der Waals surface area contributed by atoms with Gasteiger partial charge < -0.3 is 4.57 Å². The minimum Gasteiger partial charge on any atom is -0.305 e. The van der Waals surface area contributed by atoms with Crippen LogP contribution in [0.4, 0.5) is 4.39 Å². The first kappa shape index (κ1) is 14.7. The van der Waals surface area contributed by atoms with Crippen LogP contribution in [0.3, 0.4) is 0 Å². The van der Waals surface area contributed by atoms with Crippen molar-refractivity contribution in [2.24, 2.45) is 0 Å². The van der Waals surface area contributed by atoms with E-state index in [0.29, 0.717) is 5.52 Å². The summed E-state index contributed by atoms with van der Waals surface area (Å²) in [7, 11) is 0. The quantitative estimate of drug-likeness (QED) is 0.295. The molecule has 0 aliphatic rings. The van der Waals surface area contributed by atoms with Gasteiger partial charge in [0.1, 0.15) is 5.82 Å². The molecule has 25 heavy (non-hydrogen) atoms. The summed E-state index contributed by atoms with van der Waals surface area (Å²) in [6.07, 6.45) is 0. The van der Waals surface area contributed by atoms with Gasteiger partial charge in [0.2, 0.25) is 0 Å². The fourth-order valence-electron chi connectivity index (χ4n) is 3.60. The Morgan fingerprint density at radius 3 is 2.24 bits per heavy atom. The largest absolute Gasteiger partial charge is 0.305 e. The van der Waals surface area contributed by atoms with Crippen molar-refractivity contribution in [2.75, 3.05) is 0 Å². The molecule has 0 atom stereocenters. The number of hydrogen-bond acceptors (Lipinski definition) is 0. The van der Waals surface area contributed by atoms with Gasteiger partial charge in [-0.2, -0.15) is 0 Å². The minimum absolute atomic E-state index is 0.214. The molecule has 4 aromatic carbocycles. The fraction of sp³-hybridized carbons (Fsp3) is 0. The summed E-state index contributed by atoms with van der Waals surface area (Å²) in [5, 5.41) is 4.26. The summed E-state index contributed by atoms with van der Waals surface area (Å²) < 4.78 is 17.7. The van der Waals surface area contributed by atoms with Crippen LogP contribution in [0.5, 0.6) is 0 Å². The number of benzene rings is 4. The van der Waals surface area contributed by atoms with Crippen LogP contribution in [0.2, 0.25) is 0 Å². The first-order valence-electron chi connectivity index (χ1n) is 8.10. The third-order valence-electron chi connectivity index (χ3n) is 4.70. The molecular weight excluding hydrogens is 377 g/mol. The standard InChI is InChI=1S/C22H13BrFN/c23-18-12-14-6-1-2-7-15(14)13-21(18)25-20-11-4-3-8-16(20)17-9-5-10-19(24)22(17)25/h1-13H. The molecule has 0 bridgehead atoms. The number of hydrogen-bond donors (Lipinski definition) is 0. The summed E-state index contributed by atoms with van der Waals surface area (Å²) in [4.78, 5) is 0. The molecule has 3 heteroatoms. The fourth-order valence-corrected chi connectivity index (χ4v) is 4.14. The smallest absolute Gasteiger partial charge is 0.147 e. The second-order valence-electron chi connectivity index (χ2n) is 6.14. The van der Waals surface area contributed by atoms with E-state index in [2.05, 4.69) is 40.2 Å². The number of nitrogens with zero attached hydrogens (tertiary/aromatic N) is 1. The number of rotatable bonds is 1. The highest BCUT2D eigenvalue weighted by molar-refractivity contribution is 9.10. The monoisotopic (exact) mass is 389 g/mol. The SMILES string of the molecule is Fc1cccc2c3ccccc3n(-c3cc4ccccc4cc3Br)c12. The zero-order chi connectivity index (χ0) is 17.0. The van der Waals surface area contributed by atoms with Crippen LogP contribution < -0.4 is 0 Å². The van der Waals surface area contributed by atoms with E-state index in [9.17, 15) is 4.39 Å². The average Bonchev–Trinajstić information content (AvgIpc) is 2.97. The Labute approximate surface area is 152 Å². The number of fused-ring (bicyclic) bond motifs is 4. The molecule has 5 rings (SSSR count). The van der Waals surface area contributed by atoms with E-state index in [-0.39, 0.29) is 5.82 Å². The van der Waals surface area contributed by atoms with E-state index in [0.717, 1.165) is 37.2 Å². The lowest BCUT2D eigenvalue weighted by Gasteiger charge is -2.12. The van der Waals surface area contributed by atoms with Crippen molar-refractivity contribution < 1.29 is 4.39 Å². The van der Waals surface area contributed by atoms with Gasteiger partial charge in [0.25, 0.3) is 0 Å². The molecule has 1 aromatic heterocycles. The third-order valence-corrected chi connectivity index (χ3v) is 5.34. The van der Waals surface area contributed by atoms with Gasteiger partial charge in [-0.05, 0) is 51.0 Å². The second-order valence-corrected chi connectivity index (χ2v) is 6.99. The van der Waals surface area contributed by atoms with Crippen molar-refractivity contribution >= 4 is 48.5 Å². The highest BCUT2D eigenvalue weighted by atomic mass is 79.9. The molecule has 0 radical (unpaired) electrons. The Morgan fingerprint density at radius 1 is 0.720 bits per heavy atom. The Kier molecular flexibility index (Phi) is 3.19. The molecule has 5 aromatic rings. The van der Waals surface area contributed by atoms with Crippen molar-refractivity contribution in [2.45, 2.75) is 0 Å². The number of halogens is 2. The lowest BCUT2D eigenvalue weighted by molar-refractivity contribution is 0.635. The molecule has 0 N–H and O–H groups in total. The molecule has 0 amide bonds. The first-order chi connectivity index (χ1) is 12.2. The van der Waals surface area contributed by atoms with Crippen LogP contribution in [0.25, 0.3) is 38.3 Å². The minimum atomic E-state index is -0.214. The zero-order valence-electron chi connectivity index (χ0n) is 13.2. The van der Waals surface area contributed by atoms with Crippen LogP contribution >= 0.6 is 15.9 Å². The molecule has 0 aliphatic carbocycles. The van der Waals surface area contributed by atoms with Gasteiger partial charge in [0.15, 0.2) is 0 Å². The lowest BCUT2D eigenvalue weighted by atomic mass is 10.1. The van der Waals surface area contributed by atoms with Gasteiger partial charge in [-0.25, -0.2) is 4.39 Å². The maximum Gasteiger partial charge on any atom is 0.147 e. The summed E-state index contributed by atoms with van der Waals surface area (Å²) in [5.41, 5.74) is 2.55. The van der Waals surface area contributed by atoms with Crippen molar-refractivity contribution in [3.05, 3.63) is 89.2 Å². The van der Waals surface area contributed by atoms with Crippen molar-refractivity contribution in [1.29, 1.82) is 0 Å². The van der Waals surface area contributed by atoms with E-state index in [4.69, 9.17) is 0 Å². The van der Waals surface area contributed by atoms with Crippen molar-refractivity contribution in [3.63, 3.8) is 0 Å². The highest BCUT2D eigenvalue weighted by Gasteiger charge is 2.17. The molecule has 0 fully saturated rings. The molecule has 1 nitrogen and oxygen atoms in total. The topological polar surface area (TPSA) is 4.93 Å². The van der Waals surface area contributed by atoms with Crippen LogP contribution in [0.15, 0.2) is 83.3 Å². The molecular formula is C22H13BrFN. The molecule has 0 spiro atoms. The van der Waals surface area contributed by atoms with Gasteiger partial charge in [-0.15, -0.1) is 0 Å². The Bertz CT molecular complexity index is 1270. The first-order valence-corrected chi connectivity index (χ1v) is 8.90. The number of para-hydroxylation sites is 2. The maximum atomic E-state index is 14.8. The van der Waals surface area contributed by atoms with E-state index >= 15 is 0 Å². The van der Waals surface area contributed by atoms with Crippen LogP contribution in [-0.2, 0) is 0 Å². The molecule has 0 unspecified atom stereocenters. The van der Waals surface area contributed by atoms with Gasteiger partial charge >= 0.3 is 0 Å². The Hall–Kier alpha value is -2.65. The van der Waals surface area contributed by atoms with E-state index in [1.54, 1.807) is 6.07 Å². The third kappa shape index (κ3) is 2.12.